The molecular formula is C16H22N2O3. The largest absolute Gasteiger partial charge is 0.497 e. The predicted octanol–water partition coefficient (Wildman–Crippen LogP) is 2.11. The van der Waals surface area contributed by atoms with Gasteiger partial charge < -0.3 is 15.0 Å². The van der Waals surface area contributed by atoms with E-state index in [9.17, 15) is 9.59 Å². The van der Waals surface area contributed by atoms with Crippen LogP contribution in [0.5, 0.6) is 5.75 Å². The molecule has 1 aromatic carbocycles. The molecule has 0 bridgehead atoms. The van der Waals surface area contributed by atoms with Gasteiger partial charge in [0.25, 0.3) is 5.91 Å². The van der Waals surface area contributed by atoms with E-state index in [1.807, 2.05) is 38.1 Å². The minimum atomic E-state index is -0.809. The minimum absolute atomic E-state index is 0.0494. The summed E-state index contributed by atoms with van der Waals surface area (Å²) in [6.07, 6.45) is 1.47. The Balaban J connectivity index is 2.41. The van der Waals surface area contributed by atoms with Crippen LogP contribution in [-0.2, 0) is 9.59 Å². The van der Waals surface area contributed by atoms with Crippen molar-refractivity contribution in [1.29, 1.82) is 0 Å². The zero-order chi connectivity index (χ0) is 15.5. The Morgan fingerprint density at radius 3 is 2.62 bits per heavy atom. The van der Waals surface area contributed by atoms with Gasteiger partial charge in [-0.3, -0.25) is 9.59 Å². The molecule has 5 nitrogen and oxygen atoms in total. The van der Waals surface area contributed by atoms with Crippen molar-refractivity contribution in [3.8, 4) is 5.75 Å². The molecule has 0 saturated carbocycles. The number of ether oxygens (including phenoxy) is 1. The molecule has 1 saturated heterocycles. The molecule has 21 heavy (non-hydrogen) atoms. The molecule has 114 valence electrons. The molecule has 0 aromatic heterocycles. The molecule has 1 aliphatic heterocycles. The fourth-order valence-corrected chi connectivity index (χ4v) is 2.71. The number of hydrogen-bond acceptors (Lipinski definition) is 3. The van der Waals surface area contributed by atoms with Crippen molar-refractivity contribution in [3.05, 3.63) is 24.3 Å². The van der Waals surface area contributed by atoms with E-state index in [-0.39, 0.29) is 11.8 Å². The monoisotopic (exact) mass is 290 g/mol. The van der Waals surface area contributed by atoms with Gasteiger partial charge >= 0.3 is 0 Å². The number of benzene rings is 1. The molecule has 0 spiro atoms. The number of carbonyl (C=O) groups excluding carboxylic acids is 2. The van der Waals surface area contributed by atoms with Crippen LogP contribution in [0.4, 0.5) is 5.69 Å². The highest BCUT2D eigenvalue weighted by Crippen LogP contribution is 2.28. The summed E-state index contributed by atoms with van der Waals surface area (Å²) in [5.41, 5.74) is -0.0430. The number of nitrogens with one attached hydrogen (secondary N) is 1. The lowest BCUT2D eigenvalue weighted by atomic mass is 9.91. The lowest BCUT2D eigenvalue weighted by molar-refractivity contribution is -0.130. The zero-order valence-electron chi connectivity index (χ0n) is 12.8. The second kappa shape index (κ2) is 6.16. The maximum Gasteiger partial charge on any atom is 0.252 e. The molecule has 0 atom stereocenters. The topological polar surface area (TPSA) is 58.6 Å². The van der Waals surface area contributed by atoms with Crippen LogP contribution in [0.25, 0.3) is 0 Å². The van der Waals surface area contributed by atoms with Gasteiger partial charge in [-0.05, 0) is 25.0 Å². The van der Waals surface area contributed by atoms with E-state index in [1.165, 1.54) is 0 Å². The lowest BCUT2D eigenvalue weighted by Crippen LogP contribution is -2.56. The third-order valence-corrected chi connectivity index (χ3v) is 4.17. The normalized spacial score (nSPS) is 18.1. The van der Waals surface area contributed by atoms with Crippen LogP contribution in [-0.4, -0.2) is 31.0 Å². The van der Waals surface area contributed by atoms with Gasteiger partial charge in [-0.2, -0.15) is 0 Å². The number of carbonyl (C=O) groups is 2. The first-order chi connectivity index (χ1) is 10.1. The summed E-state index contributed by atoms with van der Waals surface area (Å²) < 4.78 is 5.22. The van der Waals surface area contributed by atoms with Crippen LogP contribution in [0.2, 0.25) is 0 Å². The third kappa shape index (κ3) is 2.86. The van der Waals surface area contributed by atoms with E-state index in [2.05, 4.69) is 5.32 Å². The van der Waals surface area contributed by atoms with Crippen LogP contribution < -0.4 is 15.0 Å². The van der Waals surface area contributed by atoms with Gasteiger partial charge in [0.2, 0.25) is 5.91 Å². The molecule has 0 radical (unpaired) electrons. The zero-order valence-corrected chi connectivity index (χ0v) is 12.8. The van der Waals surface area contributed by atoms with E-state index >= 15 is 0 Å². The van der Waals surface area contributed by atoms with Gasteiger partial charge in [0.15, 0.2) is 0 Å². The van der Waals surface area contributed by atoms with Crippen molar-refractivity contribution < 1.29 is 14.3 Å². The summed E-state index contributed by atoms with van der Waals surface area (Å²) >= 11 is 0. The Labute approximate surface area is 125 Å². The SMILES string of the molecule is CCC1(CC)NC(=O)CCN(c2cccc(OC)c2)C1=O. The van der Waals surface area contributed by atoms with E-state index < -0.39 is 5.54 Å². The molecule has 1 N–H and O–H groups in total. The Kier molecular flexibility index (Phi) is 4.50. The molecule has 2 amide bonds. The van der Waals surface area contributed by atoms with Crippen molar-refractivity contribution in [2.75, 3.05) is 18.6 Å². The number of hydrogen-bond donors (Lipinski definition) is 1. The Morgan fingerprint density at radius 2 is 2.00 bits per heavy atom. The van der Waals surface area contributed by atoms with Gasteiger partial charge in [-0.15, -0.1) is 0 Å². The van der Waals surface area contributed by atoms with Gasteiger partial charge in [0, 0.05) is 24.7 Å². The van der Waals surface area contributed by atoms with Gasteiger partial charge in [-0.1, -0.05) is 19.9 Å². The van der Waals surface area contributed by atoms with Crippen molar-refractivity contribution in [2.45, 2.75) is 38.6 Å². The van der Waals surface area contributed by atoms with Gasteiger partial charge in [-0.25, -0.2) is 0 Å². The van der Waals surface area contributed by atoms with E-state index in [0.717, 1.165) is 5.69 Å². The summed E-state index contributed by atoms with van der Waals surface area (Å²) in [6.45, 7) is 4.24. The van der Waals surface area contributed by atoms with Crippen molar-refractivity contribution in [3.63, 3.8) is 0 Å². The second-order valence-electron chi connectivity index (χ2n) is 5.25. The van der Waals surface area contributed by atoms with E-state index in [0.29, 0.717) is 31.6 Å². The Bertz CT molecular complexity index is 538. The molecule has 2 rings (SSSR count). The Hall–Kier alpha value is -2.04. The number of methoxy groups -OCH3 is 1. The van der Waals surface area contributed by atoms with Crippen LogP contribution >= 0.6 is 0 Å². The Morgan fingerprint density at radius 1 is 1.29 bits per heavy atom. The quantitative estimate of drug-likeness (QED) is 0.924. The second-order valence-corrected chi connectivity index (χ2v) is 5.25. The van der Waals surface area contributed by atoms with Crippen LogP contribution in [0, 0.1) is 0 Å². The number of rotatable bonds is 4. The molecule has 0 aliphatic carbocycles. The minimum Gasteiger partial charge on any atom is -0.497 e. The summed E-state index contributed by atoms with van der Waals surface area (Å²) in [5.74, 6) is 0.575. The molecule has 1 heterocycles. The highest BCUT2D eigenvalue weighted by Gasteiger charge is 2.42. The van der Waals surface area contributed by atoms with Crippen LogP contribution in [0.1, 0.15) is 33.1 Å². The maximum atomic E-state index is 12.9. The number of amides is 2. The van der Waals surface area contributed by atoms with Crippen molar-refractivity contribution >= 4 is 17.5 Å². The fourth-order valence-electron chi connectivity index (χ4n) is 2.71. The number of nitrogens with zero attached hydrogens (tertiary/aromatic N) is 1. The summed E-state index contributed by atoms with van der Waals surface area (Å²) in [7, 11) is 1.59. The van der Waals surface area contributed by atoms with Crippen molar-refractivity contribution in [2.24, 2.45) is 0 Å². The van der Waals surface area contributed by atoms with Crippen LogP contribution in [0.15, 0.2) is 24.3 Å². The van der Waals surface area contributed by atoms with Gasteiger partial charge in [0.05, 0.1) is 7.11 Å². The molecule has 0 unspecified atom stereocenters. The summed E-state index contributed by atoms with van der Waals surface area (Å²) in [5, 5.41) is 2.91. The standard InChI is InChI=1S/C16H22N2O3/c1-4-16(5-2)15(20)18(10-9-14(19)17-16)12-7-6-8-13(11-12)21-3/h6-8,11H,4-5,9-10H2,1-3H3,(H,17,19). The van der Waals surface area contributed by atoms with Gasteiger partial charge in [0.1, 0.15) is 11.3 Å². The average molecular weight is 290 g/mol. The average Bonchev–Trinajstić information content (AvgIpc) is 2.64. The van der Waals surface area contributed by atoms with E-state index in [4.69, 9.17) is 4.74 Å². The summed E-state index contributed by atoms with van der Waals surface area (Å²) in [4.78, 5) is 26.6. The predicted molar refractivity (Wildman–Crippen MR) is 81.4 cm³/mol. The molecule has 1 fully saturated rings. The first-order valence-corrected chi connectivity index (χ1v) is 7.33. The highest BCUT2D eigenvalue weighted by atomic mass is 16.5. The first-order valence-electron chi connectivity index (χ1n) is 7.33. The molecular weight excluding hydrogens is 268 g/mol. The highest BCUT2D eigenvalue weighted by molar-refractivity contribution is 6.04. The number of anilines is 1. The summed E-state index contributed by atoms with van der Waals surface area (Å²) in [6, 6.07) is 7.37. The fraction of sp³-hybridized carbons (Fsp3) is 0.500. The van der Waals surface area contributed by atoms with Crippen molar-refractivity contribution in [1.82, 2.24) is 5.32 Å². The molecule has 1 aliphatic rings. The van der Waals surface area contributed by atoms with E-state index in [1.54, 1.807) is 12.0 Å². The lowest BCUT2D eigenvalue weighted by Gasteiger charge is -2.33. The molecule has 1 aromatic rings. The van der Waals surface area contributed by atoms with Crippen LogP contribution in [0.3, 0.4) is 0 Å². The first kappa shape index (κ1) is 15.4. The third-order valence-electron chi connectivity index (χ3n) is 4.17. The maximum absolute atomic E-state index is 12.9. The molecule has 5 heteroatoms. The smallest absolute Gasteiger partial charge is 0.252 e.